The molecule has 3 aromatic rings. The number of azo groups is 1. The van der Waals surface area contributed by atoms with E-state index in [2.05, 4.69) is 20.2 Å². The van der Waals surface area contributed by atoms with Crippen LogP contribution in [-0.4, -0.2) is 21.0 Å². The minimum atomic E-state index is -0.506. The van der Waals surface area contributed by atoms with Crippen molar-refractivity contribution >= 4 is 22.5 Å². The first-order chi connectivity index (χ1) is 10.7. The number of rotatable bonds is 3. The highest BCUT2D eigenvalue weighted by molar-refractivity contribution is 5.97. The average molecular weight is 294 g/mol. The predicted octanol–water partition coefficient (Wildman–Crippen LogP) is 3.76. The van der Waals surface area contributed by atoms with Gasteiger partial charge in [-0.15, -0.1) is 10.2 Å². The predicted molar refractivity (Wildman–Crippen MR) is 82.4 cm³/mol. The summed E-state index contributed by atoms with van der Waals surface area (Å²) in [6.07, 6.45) is 3.87. The summed E-state index contributed by atoms with van der Waals surface area (Å²) in [4.78, 5) is 18.6. The van der Waals surface area contributed by atoms with Crippen molar-refractivity contribution in [3.63, 3.8) is 0 Å². The Morgan fingerprint density at radius 2 is 2.23 bits per heavy atom. The van der Waals surface area contributed by atoms with Gasteiger partial charge in [-0.3, -0.25) is 9.78 Å². The fourth-order valence-corrected chi connectivity index (χ4v) is 2.17. The van der Waals surface area contributed by atoms with Crippen molar-refractivity contribution in [1.29, 1.82) is 0 Å². The summed E-state index contributed by atoms with van der Waals surface area (Å²) in [7, 11) is 0. The number of benzene rings is 1. The van der Waals surface area contributed by atoms with E-state index < -0.39 is 5.91 Å². The maximum Gasteiger partial charge on any atom is 0.296 e. The van der Waals surface area contributed by atoms with E-state index in [-0.39, 0.29) is 11.6 Å². The molecule has 0 radical (unpaired) electrons. The number of H-pyrrole nitrogens is 1. The monoisotopic (exact) mass is 294 g/mol. The minimum Gasteiger partial charge on any atom is -0.493 e. The SMILES string of the molecule is CCc1ccc2[nH]c(O)c(N=NC(=O)c3cccnc3)c2c1. The summed E-state index contributed by atoms with van der Waals surface area (Å²) < 4.78 is 0. The highest BCUT2D eigenvalue weighted by atomic mass is 16.3. The third-order valence-electron chi connectivity index (χ3n) is 3.37. The molecule has 0 saturated heterocycles. The number of aryl methyl sites for hydroxylation is 1. The molecular formula is C16H14N4O2. The van der Waals surface area contributed by atoms with Crippen LogP contribution in [-0.2, 0) is 6.42 Å². The maximum atomic E-state index is 11.9. The molecular weight excluding hydrogens is 280 g/mol. The Balaban J connectivity index is 1.98. The van der Waals surface area contributed by atoms with Gasteiger partial charge in [0.1, 0.15) is 0 Å². The molecule has 1 amide bonds. The standard InChI is InChI=1S/C16H14N4O2/c1-2-10-5-6-13-12(8-10)14(16(22)18-13)19-20-15(21)11-4-3-7-17-9-11/h3-9,18,22H,2H2,1H3. The summed E-state index contributed by atoms with van der Waals surface area (Å²) in [5.74, 6) is -0.612. The molecule has 0 aliphatic carbocycles. The lowest BCUT2D eigenvalue weighted by Crippen LogP contribution is -1.93. The molecule has 0 aliphatic heterocycles. The molecule has 6 heteroatoms. The van der Waals surface area contributed by atoms with Gasteiger partial charge in [-0.2, -0.15) is 0 Å². The van der Waals surface area contributed by atoms with Gasteiger partial charge < -0.3 is 10.1 Å². The van der Waals surface area contributed by atoms with Crippen molar-refractivity contribution in [3.05, 3.63) is 53.9 Å². The molecule has 0 aliphatic rings. The number of nitrogens with zero attached hydrogens (tertiary/aromatic N) is 3. The molecule has 0 fully saturated rings. The van der Waals surface area contributed by atoms with Gasteiger partial charge in [0, 0.05) is 17.8 Å². The first kappa shape index (κ1) is 13.9. The number of aromatic hydroxyl groups is 1. The van der Waals surface area contributed by atoms with E-state index in [0.717, 1.165) is 22.9 Å². The van der Waals surface area contributed by atoms with E-state index in [0.29, 0.717) is 5.56 Å². The minimum absolute atomic E-state index is 0.106. The van der Waals surface area contributed by atoms with Crippen LogP contribution in [0.2, 0.25) is 0 Å². The Morgan fingerprint density at radius 1 is 1.36 bits per heavy atom. The van der Waals surface area contributed by atoms with Gasteiger partial charge in [-0.05, 0) is 36.2 Å². The zero-order valence-corrected chi connectivity index (χ0v) is 11.9. The average Bonchev–Trinajstić information content (AvgIpc) is 2.87. The van der Waals surface area contributed by atoms with Gasteiger partial charge in [0.15, 0.2) is 5.69 Å². The van der Waals surface area contributed by atoms with Crippen molar-refractivity contribution in [2.24, 2.45) is 10.2 Å². The van der Waals surface area contributed by atoms with E-state index in [4.69, 9.17) is 0 Å². The Morgan fingerprint density at radius 3 is 2.95 bits per heavy atom. The van der Waals surface area contributed by atoms with E-state index in [1.54, 1.807) is 18.3 Å². The van der Waals surface area contributed by atoms with Crippen molar-refractivity contribution in [1.82, 2.24) is 9.97 Å². The molecule has 0 bridgehead atoms. The van der Waals surface area contributed by atoms with Gasteiger partial charge >= 0.3 is 0 Å². The third kappa shape index (κ3) is 2.58. The molecule has 0 unspecified atom stereocenters. The lowest BCUT2D eigenvalue weighted by Gasteiger charge is -1.97. The largest absolute Gasteiger partial charge is 0.493 e. The van der Waals surface area contributed by atoms with Crippen LogP contribution in [0.25, 0.3) is 10.9 Å². The number of pyridine rings is 1. The van der Waals surface area contributed by atoms with Crippen LogP contribution in [0.15, 0.2) is 53.0 Å². The Hall–Kier alpha value is -3.02. The fraction of sp³-hybridized carbons (Fsp3) is 0.125. The Labute approximate surface area is 126 Å². The first-order valence-electron chi connectivity index (χ1n) is 6.88. The van der Waals surface area contributed by atoms with Crippen molar-refractivity contribution in [2.45, 2.75) is 13.3 Å². The normalized spacial score (nSPS) is 11.3. The van der Waals surface area contributed by atoms with Crippen LogP contribution >= 0.6 is 0 Å². The topological polar surface area (TPSA) is 90.7 Å². The molecule has 0 saturated carbocycles. The van der Waals surface area contributed by atoms with Gasteiger partial charge in [0.25, 0.3) is 5.91 Å². The number of nitrogens with one attached hydrogen (secondary N) is 1. The number of aromatic nitrogens is 2. The number of fused-ring (bicyclic) bond motifs is 1. The summed E-state index contributed by atoms with van der Waals surface area (Å²) in [6, 6.07) is 9.03. The molecule has 110 valence electrons. The third-order valence-corrected chi connectivity index (χ3v) is 3.37. The molecule has 3 rings (SSSR count). The molecule has 1 aromatic carbocycles. The van der Waals surface area contributed by atoms with Crippen LogP contribution in [0, 0.1) is 0 Å². The second-order valence-corrected chi connectivity index (χ2v) is 4.80. The number of hydrogen-bond acceptors (Lipinski definition) is 4. The molecule has 6 nitrogen and oxygen atoms in total. The summed E-state index contributed by atoms with van der Waals surface area (Å²) in [6.45, 7) is 2.04. The van der Waals surface area contributed by atoms with Crippen LogP contribution in [0.4, 0.5) is 5.69 Å². The lowest BCUT2D eigenvalue weighted by atomic mass is 10.1. The smallest absolute Gasteiger partial charge is 0.296 e. The zero-order chi connectivity index (χ0) is 15.5. The van der Waals surface area contributed by atoms with Gasteiger partial charge in [-0.25, -0.2) is 0 Å². The summed E-state index contributed by atoms with van der Waals surface area (Å²) in [5.41, 5.74) is 2.47. The highest BCUT2D eigenvalue weighted by Crippen LogP contribution is 2.36. The van der Waals surface area contributed by atoms with Crippen LogP contribution in [0.3, 0.4) is 0 Å². The van der Waals surface area contributed by atoms with E-state index in [1.165, 1.54) is 6.20 Å². The second kappa shape index (κ2) is 5.77. The number of amides is 1. The van der Waals surface area contributed by atoms with Crippen LogP contribution in [0.5, 0.6) is 5.88 Å². The summed E-state index contributed by atoms with van der Waals surface area (Å²) in [5, 5.41) is 18.3. The molecule has 2 heterocycles. The quantitative estimate of drug-likeness (QED) is 0.720. The Bertz CT molecular complexity index is 853. The molecule has 0 atom stereocenters. The van der Waals surface area contributed by atoms with E-state index in [1.807, 2.05) is 25.1 Å². The first-order valence-corrected chi connectivity index (χ1v) is 6.88. The Kier molecular flexibility index (Phi) is 3.65. The van der Waals surface area contributed by atoms with Gasteiger partial charge in [-0.1, -0.05) is 13.0 Å². The van der Waals surface area contributed by atoms with Crippen molar-refractivity contribution < 1.29 is 9.90 Å². The number of hydrogen-bond donors (Lipinski definition) is 2. The maximum absolute atomic E-state index is 11.9. The van der Waals surface area contributed by atoms with Gasteiger partial charge in [0.2, 0.25) is 5.88 Å². The van der Waals surface area contributed by atoms with Crippen LogP contribution < -0.4 is 0 Å². The van der Waals surface area contributed by atoms with E-state index >= 15 is 0 Å². The summed E-state index contributed by atoms with van der Waals surface area (Å²) >= 11 is 0. The molecule has 2 N–H and O–H groups in total. The fourth-order valence-electron chi connectivity index (χ4n) is 2.17. The van der Waals surface area contributed by atoms with Crippen molar-refractivity contribution in [2.75, 3.05) is 0 Å². The molecule has 0 spiro atoms. The lowest BCUT2D eigenvalue weighted by molar-refractivity contribution is 0.0994. The zero-order valence-electron chi connectivity index (χ0n) is 11.9. The van der Waals surface area contributed by atoms with Crippen molar-refractivity contribution in [3.8, 4) is 5.88 Å². The molecule has 2 aromatic heterocycles. The number of aromatic amines is 1. The molecule has 22 heavy (non-hydrogen) atoms. The number of carbonyl (C=O) groups is 1. The highest BCUT2D eigenvalue weighted by Gasteiger charge is 2.12. The van der Waals surface area contributed by atoms with Crippen LogP contribution in [0.1, 0.15) is 22.8 Å². The second-order valence-electron chi connectivity index (χ2n) is 4.80. The number of carbonyl (C=O) groups excluding carboxylic acids is 1. The van der Waals surface area contributed by atoms with Gasteiger partial charge in [0.05, 0.1) is 11.1 Å². The van der Waals surface area contributed by atoms with E-state index in [9.17, 15) is 9.90 Å².